The van der Waals surface area contributed by atoms with Gasteiger partial charge in [-0.1, -0.05) is 219 Å². The van der Waals surface area contributed by atoms with E-state index in [-0.39, 0.29) is 12.8 Å². The molecule has 2 rings (SSSR count). The molecule has 73 heavy (non-hydrogen) atoms. The maximum absolute atomic E-state index is 13.4. The first kappa shape index (κ1) is 67.5. The Morgan fingerprint density at radius 3 is 1.30 bits per heavy atom. The Kier molecular flexibility index (Phi) is 39.3. The summed E-state index contributed by atoms with van der Waals surface area (Å²) in [5, 5.41) is 102. The summed E-state index contributed by atoms with van der Waals surface area (Å²) in [4.78, 5) is 25.5. The molecule has 0 bridgehead atoms. The SMILES string of the molecule is CCCCCCCCCCCCCCCCCCCCCCC(O)C(=O)NC(COC1OC(CO)C(O)C(OC2OC(CO)C(O)C(O)C2NC(C)=O)C1O)C(O)C(O)CCCCCCCCCCCCCC. The van der Waals surface area contributed by atoms with Gasteiger partial charge in [-0.25, -0.2) is 0 Å². The first-order chi connectivity index (χ1) is 35.3. The average molecular weight is 1050 g/mol. The van der Waals surface area contributed by atoms with Crippen LogP contribution in [-0.2, 0) is 28.5 Å². The number of aliphatic hydroxyl groups excluding tert-OH is 9. The lowest BCUT2D eigenvalue weighted by Gasteiger charge is -2.47. The van der Waals surface area contributed by atoms with E-state index in [2.05, 4.69) is 24.5 Å². The molecule has 17 nitrogen and oxygen atoms in total. The Hall–Kier alpha value is -1.58. The van der Waals surface area contributed by atoms with E-state index < -0.39 is 117 Å². The summed E-state index contributed by atoms with van der Waals surface area (Å²) < 4.78 is 23.2. The van der Waals surface area contributed by atoms with E-state index in [1.807, 2.05) is 0 Å². The van der Waals surface area contributed by atoms with E-state index in [1.165, 1.54) is 141 Å². The molecule has 2 aliphatic rings. The highest BCUT2D eigenvalue weighted by Crippen LogP contribution is 2.30. The Morgan fingerprint density at radius 1 is 0.507 bits per heavy atom. The van der Waals surface area contributed by atoms with Gasteiger partial charge in [0.15, 0.2) is 12.6 Å². The molecule has 2 fully saturated rings. The smallest absolute Gasteiger partial charge is 0.249 e. The molecule has 2 amide bonds. The van der Waals surface area contributed by atoms with Gasteiger partial charge in [0, 0.05) is 6.92 Å². The molecule has 0 aromatic rings. The van der Waals surface area contributed by atoms with Gasteiger partial charge >= 0.3 is 0 Å². The zero-order valence-electron chi connectivity index (χ0n) is 45.7. The van der Waals surface area contributed by atoms with E-state index in [4.69, 9.17) is 18.9 Å². The molecule has 2 saturated heterocycles. The maximum Gasteiger partial charge on any atom is 0.249 e. The zero-order valence-corrected chi connectivity index (χ0v) is 45.7. The Bertz CT molecular complexity index is 1340. The highest BCUT2D eigenvalue weighted by Gasteiger charge is 2.51. The number of nitrogens with one attached hydrogen (secondary N) is 2. The summed E-state index contributed by atoms with van der Waals surface area (Å²) in [5.74, 6) is -1.40. The van der Waals surface area contributed by atoms with Crippen molar-refractivity contribution in [3.8, 4) is 0 Å². The normalized spacial score (nSPS) is 26.1. The number of hydrogen-bond donors (Lipinski definition) is 11. The van der Waals surface area contributed by atoms with Crippen LogP contribution in [0.15, 0.2) is 0 Å². The van der Waals surface area contributed by atoms with Crippen molar-refractivity contribution in [3.05, 3.63) is 0 Å². The van der Waals surface area contributed by atoms with Crippen molar-refractivity contribution in [1.82, 2.24) is 10.6 Å². The third-order valence-electron chi connectivity index (χ3n) is 14.9. The van der Waals surface area contributed by atoms with Gasteiger partial charge in [0.1, 0.15) is 61.0 Å². The topological polar surface area (TPSA) is 277 Å². The molecule has 14 unspecified atom stereocenters. The van der Waals surface area contributed by atoms with Crippen molar-refractivity contribution >= 4 is 11.8 Å². The molecule has 2 heterocycles. The van der Waals surface area contributed by atoms with Gasteiger partial charge < -0.3 is 75.5 Å². The largest absolute Gasteiger partial charge is 0.394 e. The standard InChI is InChI=1S/C56H108N2O15/c1-4-6-8-10-12-14-16-18-19-20-21-22-23-24-25-27-29-31-33-35-37-44(63)54(69)58-42(48(64)43(62)36-34-32-30-28-26-17-15-13-11-9-7-5-2)40-70-56-52(68)53(50(66)46(39-60)72-56)73-55-47(57-41(3)61)51(67)49(65)45(38-59)71-55/h42-53,55-56,59-60,62-68H,4-40H2,1-3H3,(H,57,61)(H,58,69). The number of unbranched alkanes of at least 4 members (excludes halogenated alkanes) is 30. The minimum atomic E-state index is -1.85. The second-order valence-electron chi connectivity index (χ2n) is 21.4. The summed E-state index contributed by atoms with van der Waals surface area (Å²) in [6, 6.07) is -2.72. The van der Waals surface area contributed by atoms with Gasteiger partial charge in [-0.15, -0.1) is 0 Å². The molecular weight excluding hydrogens is 941 g/mol. The van der Waals surface area contributed by atoms with Crippen LogP contribution in [0.1, 0.15) is 239 Å². The zero-order chi connectivity index (χ0) is 53.6. The summed E-state index contributed by atoms with van der Waals surface area (Å²) >= 11 is 0. The number of ether oxygens (including phenoxy) is 4. The van der Waals surface area contributed by atoms with Crippen molar-refractivity contribution in [3.63, 3.8) is 0 Å². The van der Waals surface area contributed by atoms with Gasteiger partial charge in [-0.2, -0.15) is 0 Å². The van der Waals surface area contributed by atoms with Crippen LogP contribution in [0, 0.1) is 0 Å². The highest BCUT2D eigenvalue weighted by molar-refractivity contribution is 5.80. The summed E-state index contributed by atoms with van der Waals surface area (Å²) in [5.41, 5.74) is 0. The van der Waals surface area contributed by atoms with Gasteiger partial charge in [0.25, 0.3) is 0 Å². The molecule has 0 spiro atoms. The van der Waals surface area contributed by atoms with Crippen LogP contribution in [0.5, 0.6) is 0 Å². The first-order valence-corrected chi connectivity index (χ1v) is 29.4. The van der Waals surface area contributed by atoms with Crippen LogP contribution < -0.4 is 10.6 Å². The lowest BCUT2D eigenvalue weighted by molar-refractivity contribution is -0.348. The first-order valence-electron chi connectivity index (χ1n) is 29.4. The molecule has 2 aliphatic heterocycles. The van der Waals surface area contributed by atoms with E-state index >= 15 is 0 Å². The monoisotopic (exact) mass is 1050 g/mol. The lowest BCUT2D eigenvalue weighted by Crippen LogP contribution is -2.68. The number of aliphatic hydroxyl groups is 9. The Balaban J connectivity index is 1.92. The number of carbonyl (C=O) groups is 2. The number of rotatable bonds is 46. The quantitative estimate of drug-likeness (QED) is 0.0285. The predicted octanol–water partition coefficient (Wildman–Crippen LogP) is 6.64. The van der Waals surface area contributed by atoms with Crippen molar-refractivity contribution in [1.29, 1.82) is 0 Å². The second-order valence-corrected chi connectivity index (χ2v) is 21.4. The number of amides is 2. The number of hydrogen-bond acceptors (Lipinski definition) is 15. The molecule has 0 radical (unpaired) electrons. The molecule has 0 aromatic heterocycles. The van der Waals surface area contributed by atoms with Crippen molar-refractivity contribution in [2.75, 3.05) is 19.8 Å². The molecule has 11 N–H and O–H groups in total. The third kappa shape index (κ3) is 28.6. The molecular formula is C56H108N2O15. The Morgan fingerprint density at radius 2 is 0.890 bits per heavy atom. The average Bonchev–Trinajstić information content (AvgIpc) is 3.37. The summed E-state index contributed by atoms with van der Waals surface area (Å²) in [6.07, 6.45) is 19.9. The summed E-state index contributed by atoms with van der Waals surface area (Å²) in [6.45, 7) is 3.56. The molecule has 0 saturated carbocycles. The fraction of sp³-hybridized carbons (Fsp3) is 0.964. The van der Waals surface area contributed by atoms with Crippen LogP contribution in [0.2, 0.25) is 0 Å². The van der Waals surface area contributed by atoms with E-state index in [1.54, 1.807) is 0 Å². The maximum atomic E-state index is 13.4. The fourth-order valence-corrected chi connectivity index (χ4v) is 10.2. The van der Waals surface area contributed by atoms with Crippen molar-refractivity contribution in [2.24, 2.45) is 0 Å². The van der Waals surface area contributed by atoms with Crippen LogP contribution in [-0.4, -0.2) is 163 Å². The molecule has 14 atom stereocenters. The van der Waals surface area contributed by atoms with E-state index in [9.17, 15) is 55.5 Å². The Labute approximate surface area is 440 Å². The minimum Gasteiger partial charge on any atom is -0.394 e. The summed E-state index contributed by atoms with van der Waals surface area (Å²) in [7, 11) is 0. The van der Waals surface area contributed by atoms with Gasteiger partial charge in [-0.3, -0.25) is 9.59 Å². The third-order valence-corrected chi connectivity index (χ3v) is 14.9. The van der Waals surface area contributed by atoms with Crippen LogP contribution in [0.25, 0.3) is 0 Å². The molecule has 432 valence electrons. The second kappa shape index (κ2) is 42.4. The van der Waals surface area contributed by atoms with Gasteiger partial charge in [0.2, 0.25) is 11.8 Å². The minimum absolute atomic E-state index is 0.195. The van der Waals surface area contributed by atoms with Crippen LogP contribution in [0.3, 0.4) is 0 Å². The predicted molar refractivity (Wildman–Crippen MR) is 282 cm³/mol. The van der Waals surface area contributed by atoms with Crippen LogP contribution in [0.4, 0.5) is 0 Å². The number of carbonyl (C=O) groups excluding carboxylic acids is 2. The van der Waals surface area contributed by atoms with E-state index in [0.717, 1.165) is 58.3 Å². The molecule has 0 aromatic carbocycles. The van der Waals surface area contributed by atoms with Crippen LogP contribution >= 0.6 is 0 Å². The van der Waals surface area contributed by atoms with Gasteiger partial charge in [-0.05, 0) is 12.8 Å². The highest BCUT2D eigenvalue weighted by atomic mass is 16.7. The fourth-order valence-electron chi connectivity index (χ4n) is 10.2. The van der Waals surface area contributed by atoms with E-state index in [0.29, 0.717) is 12.8 Å². The van der Waals surface area contributed by atoms with Crippen molar-refractivity contribution in [2.45, 2.75) is 325 Å². The molecule has 0 aliphatic carbocycles. The lowest BCUT2D eigenvalue weighted by atomic mass is 9.95. The van der Waals surface area contributed by atoms with Gasteiger partial charge in [0.05, 0.1) is 32.0 Å². The van der Waals surface area contributed by atoms with Crippen molar-refractivity contribution < 1.29 is 74.5 Å². The molecule has 17 heteroatoms.